The smallest absolute Gasteiger partial charge is 0.251 e. The molecule has 180 valence electrons. The Bertz CT molecular complexity index is 1240. The highest BCUT2D eigenvalue weighted by atomic mass is 32.2. The van der Waals surface area contributed by atoms with Gasteiger partial charge in [0.2, 0.25) is 10.0 Å². The summed E-state index contributed by atoms with van der Waals surface area (Å²) in [6, 6.07) is 20.1. The van der Waals surface area contributed by atoms with Gasteiger partial charge >= 0.3 is 0 Å². The molecule has 34 heavy (non-hydrogen) atoms. The number of anilines is 1. The van der Waals surface area contributed by atoms with Crippen LogP contribution in [0.1, 0.15) is 52.0 Å². The molecule has 1 atom stereocenters. The average molecular weight is 481 g/mol. The first-order chi connectivity index (χ1) is 16.1. The Labute approximate surface area is 202 Å². The van der Waals surface area contributed by atoms with Crippen molar-refractivity contribution in [1.82, 2.24) is 5.32 Å². The Morgan fingerprint density at radius 3 is 2.18 bits per heavy atom. The first-order valence-electron chi connectivity index (χ1n) is 11.2. The fourth-order valence-corrected chi connectivity index (χ4v) is 4.71. The normalized spacial score (nSPS) is 12.1. The lowest BCUT2D eigenvalue weighted by molar-refractivity contribution is 0.0935. The molecule has 0 aliphatic rings. The third kappa shape index (κ3) is 6.17. The Morgan fingerprint density at radius 2 is 1.65 bits per heavy atom. The summed E-state index contributed by atoms with van der Waals surface area (Å²) in [5.74, 6) is 0.595. The van der Waals surface area contributed by atoms with Crippen LogP contribution >= 0.6 is 0 Å². The summed E-state index contributed by atoms with van der Waals surface area (Å²) in [4.78, 5) is 12.9. The summed E-state index contributed by atoms with van der Waals surface area (Å²) in [5.41, 5.74) is 4.99. The molecular weight excluding hydrogens is 448 g/mol. The number of hydrogen-bond acceptors (Lipinski definition) is 4. The Hall–Kier alpha value is -3.32. The average Bonchev–Trinajstić information content (AvgIpc) is 2.81. The summed E-state index contributed by atoms with van der Waals surface area (Å²) in [5, 5.41) is 3.08. The Balaban J connectivity index is 1.77. The van der Waals surface area contributed by atoms with Gasteiger partial charge in [-0.1, -0.05) is 48.9 Å². The van der Waals surface area contributed by atoms with E-state index < -0.39 is 10.0 Å². The van der Waals surface area contributed by atoms with Gasteiger partial charge in [0, 0.05) is 5.56 Å². The Morgan fingerprint density at radius 1 is 1.00 bits per heavy atom. The summed E-state index contributed by atoms with van der Waals surface area (Å²) in [6.45, 7) is 6.20. The topological polar surface area (TPSA) is 75.7 Å². The van der Waals surface area contributed by atoms with Crippen LogP contribution in [0, 0.1) is 13.8 Å². The van der Waals surface area contributed by atoms with Crippen molar-refractivity contribution in [2.24, 2.45) is 0 Å². The van der Waals surface area contributed by atoms with Crippen LogP contribution in [0.3, 0.4) is 0 Å². The molecule has 0 aliphatic heterocycles. The summed E-state index contributed by atoms with van der Waals surface area (Å²) in [7, 11) is -1.87. The van der Waals surface area contributed by atoms with E-state index in [0.29, 0.717) is 11.3 Å². The van der Waals surface area contributed by atoms with E-state index in [2.05, 4.69) is 5.32 Å². The molecule has 6 nitrogen and oxygen atoms in total. The van der Waals surface area contributed by atoms with E-state index in [1.165, 1.54) is 10.6 Å². The van der Waals surface area contributed by atoms with Crippen molar-refractivity contribution in [3.8, 4) is 5.75 Å². The molecule has 0 heterocycles. The minimum atomic E-state index is -3.51. The fourth-order valence-electron chi connectivity index (χ4n) is 3.82. The van der Waals surface area contributed by atoms with Gasteiger partial charge in [0.05, 0.1) is 31.6 Å². The molecule has 1 N–H and O–H groups in total. The van der Waals surface area contributed by atoms with Crippen LogP contribution in [0.2, 0.25) is 0 Å². The van der Waals surface area contributed by atoms with Crippen molar-refractivity contribution >= 4 is 21.6 Å². The lowest BCUT2D eigenvalue weighted by atomic mass is 10.0. The van der Waals surface area contributed by atoms with Crippen molar-refractivity contribution in [3.05, 3.63) is 94.5 Å². The van der Waals surface area contributed by atoms with E-state index in [1.807, 2.05) is 63.2 Å². The molecule has 0 aliphatic carbocycles. The molecule has 0 aromatic heterocycles. The lowest BCUT2D eigenvalue weighted by Gasteiger charge is -2.23. The molecule has 3 aromatic rings. The van der Waals surface area contributed by atoms with E-state index >= 15 is 0 Å². The number of benzene rings is 3. The van der Waals surface area contributed by atoms with Gasteiger partial charge in [-0.25, -0.2) is 8.42 Å². The summed E-state index contributed by atoms with van der Waals surface area (Å²) in [6.07, 6.45) is 1.92. The molecule has 1 amide bonds. The maximum atomic E-state index is 12.9. The molecule has 0 fully saturated rings. The van der Waals surface area contributed by atoms with Crippen molar-refractivity contribution in [2.45, 2.75) is 39.8 Å². The molecule has 0 saturated heterocycles. The van der Waals surface area contributed by atoms with Gasteiger partial charge in [-0.2, -0.15) is 0 Å². The van der Waals surface area contributed by atoms with Gasteiger partial charge in [0.1, 0.15) is 5.75 Å². The molecule has 0 saturated carbocycles. The van der Waals surface area contributed by atoms with E-state index in [1.54, 1.807) is 31.4 Å². The van der Waals surface area contributed by atoms with Gasteiger partial charge in [0.25, 0.3) is 5.91 Å². The SMILES string of the molecule is CC[C@H](NC(=O)c1ccc(N(Cc2ccc(C)cc2)S(C)(=O)=O)cc1)c1ccc(OC)c(C)c1. The minimum absolute atomic E-state index is 0.147. The van der Waals surface area contributed by atoms with Crippen LogP contribution in [0.5, 0.6) is 5.75 Å². The highest BCUT2D eigenvalue weighted by Crippen LogP contribution is 2.25. The maximum Gasteiger partial charge on any atom is 0.251 e. The molecule has 7 heteroatoms. The zero-order chi connectivity index (χ0) is 24.9. The van der Waals surface area contributed by atoms with E-state index in [4.69, 9.17) is 4.74 Å². The van der Waals surface area contributed by atoms with Crippen molar-refractivity contribution in [3.63, 3.8) is 0 Å². The predicted molar refractivity (Wildman–Crippen MR) is 137 cm³/mol. The number of rotatable bonds is 9. The molecule has 0 radical (unpaired) electrons. The fraction of sp³-hybridized carbons (Fsp3) is 0.296. The van der Waals surface area contributed by atoms with Crippen LogP contribution < -0.4 is 14.4 Å². The molecular formula is C27H32N2O4S. The van der Waals surface area contributed by atoms with Gasteiger partial charge in [-0.05, 0) is 67.3 Å². The van der Waals surface area contributed by atoms with Crippen LogP contribution in [-0.2, 0) is 16.6 Å². The molecule has 3 rings (SSSR count). The second kappa shape index (κ2) is 10.7. The number of nitrogens with one attached hydrogen (secondary N) is 1. The largest absolute Gasteiger partial charge is 0.496 e. The lowest BCUT2D eigenvalue weighted by Crippen LogP contribution is -2.30. The molecule has 0 bridgehead atoms. The van der Waals surface area contributed by atoms with Crippen LogP contribution in [-0.4, -0.2) is 27.7 Å². The second-order valence-corrected chi connectivity index (χ2v) is 10.4. The number of aryl methyl sites for hydroxylation is 2. The van der Waals surface area contributed by atoms with Crippen LogP contribution in [0.4, 0.5) is 5.69 Å². The first kappa shape index (κ1) is 25.3. The third-order valence-corrected chi connectivity index (χ3v) is 6.94. The van der Waals surface area contributed by atoms with Crippen molar-refractivity contribution in [1.29, 1.82) is 0 Å². The molecule has 3 aromatic carbocycles. The van der Waals surface area contributed by atoms with Gasteiger partial charge in [-0.15, -0.1) is 0 Å². The monoisotopic (exact) mass is 480 g/mol. The summed E-state index contributed by atoms with van der Waals surface area (Å²) < 4.78 is 31.6. The van der Waals surface area contributed by atoms with E-state index in [0.717, 1.165) is 34.4 Å². The molecule has 0 spiro atoms. The number of ether oxygens (including phenoxy) is 1. The van der Waals surface area contributed by atoms with E-state index in [-0.39, 0.29) is 18.5 Å². The number of sulfonamides is 1. The van der Waals surface area contributed by atoms with Crippen molar-refractivity contribution < 1.29 is 17.9 Å². The van der Waals surface area contributed by atoms with E-state index in [9.17, 15) is 13.2 Å². The number of carbonyl (C=O) groups is 1. The number of amides is 1. The Kier molecular flexibility index (Phi) is 7.99. The summed E-state index contributed by atoms with van der Waals surface area (Å²) >= 11 is 0. The van der Waals surface area contributed by atoms with Crippen LogP contribution in [0.25, 0.3) is 0 Å². The van der Waals surface area contributed by atoms with Gasteiger partial charge in [0.15, 0.2) is 0 Å². The standard InChI is InChI=1S/C27H32N2O4S/c1-6-25(23-13-16-26(33-4)20(3)17-23)28-27(30)22-11-14-24(15-12-22)29(34(5,31)32)18-21-9-7-19(2)8-10-21/h7-17,25H,6,18H2,1-5H3,(H,28,30)/t25-/m0/s1. The number of nitrogens with zero attached hydrogens (tertiary/aromatic N) is 1. The highest BCUT2D eigenvalue weighted by molar-refractivity contribution is 7.92. The highest BCUT2D eigenvalue weighted by Gasteiger charge is 2.20. The van der Waals surface area contributed by atoms with Gasteiger partial charge < -0.3 is 10.1 Å². The molecule has 0 unspecified atom stereocenters. The first-order valence-corrected chi connectivity index (χ1v) is 13.1. The third-order valence-electron chi connectivity index (χ3n) is 5.80. The number of carbonyl (C=O) groups excluding carboxylic acids is 1. The van der Waals surface area contributed by atoms with Crippen molar-refractivity contribution in [2.75, 3.05) is 17.7 Å². The zero-order valence-corrected chi connectivity index (χ0v) is 21.1. The quantitative estimate of drug-likeness (QED) is 0.459. The van der Waals surface area contributed by atoms with Gasteiger partial charge in [-0.3, -0.25) is 9.10 Å². The predicted octanol–water partition coefficient (Wildman–Crippen LogP) is 5.16. The number of methoxy groups -OCH3 is 1. The zero-order valence-electron chi connectivity index (χ0n) is 20.3. The van der Waals surface area contributed by atoms with Crippen LogP contribution in [0.15, 0.2) is 66.7 Å². The number of hydrogen-bond donors (Lipinski definition) is 1. The minimum Gasteiger partial charge on any atom is -0.496 e. The maximum absolute atomic E-state index is 12.9. The second-order valence-electron chi connectivity index (χ2n) is 8.47.